The summed E-state index contributed by atoms with van der Waals surface area (Å²) >= 11 is 0. The number of hydrogen-bond donors (Lipinski definition) is 2. The summed E-state index contributed by atoms with van der Waals surface area (Å²) in [5, 5.41) is 2.78. The molecular weight excluding hydrogens is 308 g/mol. The maximum absolute atomic E-state index is 12.0. The number of nitrogens with two attached hydrogens (primary N) is 1. The zero-order chi connectivity index (χ0) is 17.0. The number of fused-ring (bicyclic) bond motifs is 1. The van der Waals surface area contributed by atoms with Gasteiger partial charge in [-0.2, -0.15) is 0 Å². The van der Waals surface area contributed by atoms with Crippen LogP contribution < -0.4 is 15.8 Å². The average Bonchev–Trinajstić information content (AvgIpc) is 3.06. The molecule has 1 aliphatic heterocycles. The van der Waals surface area contributed by atoms with Crippen LogP contribution in [0.25, 0.3) is 0 Å². The molecule has 24 heavy (non-hydrogen) atoms. The normalized spacial score (nSPS) is 18.7. The number of carbonyl (C=O) groups excluding carboxylic acids is 2. The van der Waals surface area contributed by atoms with Crippen LogP contribution >= 0.6 is 0 Å². The first-order valence-electron chi connectivity index (χ1n) is 8.48. The highest BCUT2D eigenvalue weighted by Gasteiger charge is 2.38. The number of carbonyl (C=O) groups is 2. The first-order chi connectivity index (χ1) is 11.6. The highest BCUT2D eigenvalue weighted by atomic mass is 16.5. The van der Waals surface area contributed by atoms with E-state index in [9.17, 15) is 9.59 Å². The van der Waals surface area contributed by atoms with Crippen molar-refractivity contribution >= 4 is 11.8 Å². The molecule has 1 aliphatic carbocycles. The van der Waals surface area contributed by atoms with Crippen LogP contribution in [-0.4, -0.2) is 38.2 Å². The van der Waals surface area contributed by atoms with Gasteiger partial charge in [0.25, 0.3) is 5.91 Å². The SMILES string of the molecule is NC(=O)C1(CNC(=O)COc2ccc3c(c2)CCC3)CCOCC1. The van der Waals surface area contributed by atoms with Crippen molar-refractivity contribution in [1.29, 1.82) is 0 Å². The van der Waals surface area contributed by atoms with Gasteiger partial charge in [0.15, 0.2) is 6.61 Å². The summed E-state index contributed by atoms with van der Waals surface area (Å²) in [5.41, 5.74) is 7.50. The lowest BCUT2D eigenvalue weighted by Gasteiger charge is -2.34. The second-order valence-corrected chi connectivity index (χ2v) is 6.61. The molecule has 0 aromatic heterocycles. The molecule has 6 heteroatoms. The zero-order valence-electron chi connectivity index (χ0n) is 13.8. The molecule has 0 unspecified atom stereocenters. The van der Waals surface area contributed by atoms with Gasteiger partial charge in [-0.1, -0.05) is 6.07 Å². The van der Waals surface area contributed by atoms with Crippen molar-refractivity contribution in [3.8, 4) is 5.75 Å². The third kappa shape index (κ3) is 3.70. The Kier molecular flexibility index (Phi) is 5.04. The number of hydrogen-bond acceptors (Lipinski definition) is 4. The van der Waals surface area contributed by atoms with Gasteiger partial charge in [-0.15, -0.1) is 0 Å². The highest BCUT2D eigenvalue weighted by Crippen LogP contribution is 2.29. The molecule has 1 saturated heterocycles. The third-order valence-electron chi connectivity index (χ3n) is 5.04. The van der Waals surface area contributed by atoms with Crippen LogP contribution in [0.2, 0.25) is 0 Å². The van der Waals surface area contributed by atoms with Crippen molar-refractivity contribution in [2.75, 3.05) is 26.4 Å². The second-order valence-electron chi connectivity index (χ2n) is 6.61. The topological polar surface area (TPSA) is 90.7 Å². The van der Waals surface area contributed by atoms with Gasteiger partial charge in [0.1, 0.15) is 5.75 Å². The summed E-state index contributed by atoms with van der Waals surface area (Å²) in [6, 6.07) is 5.99. The molecule has 1 fully saturated rings. The van der Waals surface area contributed by atoms with Crippen LogP contribution in [0.3, 0.4) is 0 Å². The Balaban J connectivity index is 1.49. The lowest BCUT2D eigenvalue weighted by molar-refractivity contribution is -0.134. The lowest BCUT2D eigenvalue weighted by Crippen LogP contribution is -2.50. The van der Waals surface area contributed by atoms with E-state index in [0.29, 0.717) is 31.8 Å². The van der Waals surface area contributed by atoms with Crippen LogP contribution in [0.5, 0.6) is 5.75 Å². The van der Waals surface area contributed by atoms with Gasteiger partial charge in [0, 0.05) is 19.8 Å². The maximum Gasteiger partial charge on any atom is 0.257 e. The van der Waals surface area contributed by atoms with Crippen LogP contribution in [0.4, 0.5) is 0 Å². The number of aryl methyl sites for hydroxylation is 2. The Morgan fingerprint density at radius 2 is 1.96 bits per heavy atom. The predicted octanol–water partition coefficient (Wildman–Crippen LogP) is 0.952. The van der Waals surface area contributed by atoms with Gasteiger partial charge in [0.05, 0.1) is 5.41 Å². The number of amides is 2. The van der Waals surface area contributed by atoms with Crippen LogP contribution in [0.15, 0.2) is 18.2 Å². The van der Waals surface area contributed by atoms with Gasteiger partial charge in [0.2, 0.25) is 5.91 Å². The molecule has 0 spiro atoms. The number of primary amides is 1. The van der Waals surface area contributed by atoms with E-state index in [1.54, 1.807) is 0 Å². The van der Waals surface area contributed by atoms with E-state index >= 15 is 0 Å². The fourth-order valence-corrected chi connectivity index (χ4v) is 3.38. The monoisotopic (exact) mass is 332 g/mol. The molecule has 0 atom stereocenters. The van der Waals surface area contributed by atoms with Crippen molar-refractivity contribution in [1.82, 2.24) is 5.32 Å². The van der Waals surface area contributed by atoms with Crippen LogP contribution in [0, 0.1) is 5.41 Å². The average molecular weight is 332 g/mol. The van der Waals surface area contributed by atoms with E-state index < -0.39 is 5.41 Å². The molecule has 6 nitrogen and oxygen atoms in total. The van der Waals surface area contributed by atoms with Gasteiger partial charge in [-0.3, -0.25) is 9.59 Å². The van der Waals surface area contributed by atoms with E-state index in [2.05, 4.69) is 11.4 Å². The summed E-state index contributed by atoms with van der Waals surface area (Å²) in [4.78, 5) is 23.8. The summed E-state index contributed by atoms with van der Waals surface area (Å²) < 4.78 is 10.9. The number of ether oxygens (including phenoxy) is 2. The molecule has 2 amide bonds. The van der Waals surface area contributed by atoms with Gasteiger partial charge in [-0.25, -0.2) is 0 Å². The van der Waals surface area contributed by atoms with E-state index in [0.717, 1.165) is 12.8 Å². The fourth-order valence-electron chi connectivity index (χ4n) is 3.38. The molecule has 3 rings (SSSR count). The fraction of sp³-hybridized carbons (Fsp3) is 0.556. The largest absolute Gasteiger partial charge is 0.484 e. The second kappa shape index (κ2) is 7.21. The van der Waals surface area contributed by atoms with Crippen molar-refractivity contribution < 1.29 is 19.1 Å². The Labute approximate surface area is 141 Å². The Bertz CT molecular complexity index is 623. The van der Waals surface area contributed by atoms with Gasteiger partial charge < -0.3 is 20.5 Å². The summed E-state index contributed by atoms with van der Waals surface area (Å²) in [6.45, 7) is 1.15. The van der Waals surface area contributed by atoms with E-state index in [4.69, 9.17) is 15.2 Å². The third-order valence-corrected chi connectivity index (χ3v) is 5.04. The molecule has 3 N–H and O–H groups in total. The molecule has 2 aliphatic rings. The molecule has 0 saturated carbocycles. The maximum atomic E-state index is 12.0. The summed E-state index contributed by atoms with van der Waals surface area (Å²) in [5.74, 6) is 0.0785. The first-order valence-corrected chi connectivity index (χ1v) is 8.48. The number of nitrogens with one attached hydrogen (secondary N) is 1. The molecule has 130 valence electrons. The molecule has 0 bridgehead atoms. The summed E-state index contributed by atoms with van der Waals surface area (Å²) in [6.07, 6.45) is 4.44. The van der Waals surface area contributed by atoms with Crippen LogP contribution in [-0.2, 0) is 27.2 Å². The molecule has 1 aromatic rings. The number of rotatable bonds is 6. The van der Waals surface area contributed by atoms with Crippen molar-refractivity contribution in [2.45, 2.75) is 32.1 Å². The molecular formula is C18H24N2O4. The molecule has 0 radical (unpaired) electrons. The predicted molar refractivity (Wildman–Crippen MR) is 88.7 cm³/mol. The van der Waals surface area contributed by atoms with E-state index in [-0.39, 0.29) is 25.0 Å². The zero-order valence-corrected chi connectivity index (χ0v) is 13.8. The minimum atomic E-state index is -0.707. The Hall–Kier alpha value is -2.08. The van der Waals surface area contributed by atoms with E-state index in [1.165, 1.54) is 17.5 Å². The standard InChI is InChI=1S/C18H24N2O4/c19-17(22)18(6-8-23-9-7-18)12-20-16(21)11-24-15-5-4-13-2-1-3-14(13)10-15/h4-5,10H,1-3,6-9,11-12H2,(H2,19,22)(H,20,21). The van der Waals surface area contributed by atoms with Crippen molar-refractivity contribution in [2.24, 2.45) is 11.1 Å². The smallest absolute Gasteiger partial charge is 0.257 e. The quantitative estimate of drug-likeness (QED) is 0.811. The van der Waals surface area contributed by atoms with Crippen molar-refractivity contribution in [3.63, 3.8) is 0 Å². The minimum Gasteiger partial charge on any atom is -0.484 e. The lowest BCUT2D eigenvalue weighted by atomic mass is 9.79. The molecule has 1 heterocycles. The summed E-state index contributed by atoms with van der Waals surface area (Å²) in [7, 11) is 0. The van der Waals surface area contributed by atoms with Crippen molar-refractivity contribution in [3.05, 3.63) is 29.3 Å². The first kappa shape index (κ1) is 16.8. The van der Waals surface area contributed by atoms with Gasteiger partial charge >= 0.3 is 0 Å². The van der Waals surface area contributed by atoms with Gasteiger partial charge in [-0.05, 0) is 55.4 Å². The number of benzene rings is 1. The van der Waals surface area contributed by atoms with E-state index in [1.807, 2.05) is 12.1 Å². The molecule has 1 aromatic carbocycles. The minimum absolute atomic E-state index is 0.0653. The van der Waals surface area contributed by atoms with Crippen LogP contribution in [0.1, 0.15) is 30.4 Å². The highest BCUT2D eigenvalue weighted by molar-refractivity contribution is 5.83. The Morgan fingerprint density at radius 1 is 1.21 bits per heavy atom. The Morgan fingerprint density at radius 3 is 2.71 bits per heavy atom.